The fourth-order valence-corrected chi connectivity index (χ4v) is 2.73. The van der Waals surface area contributed by atoms with E-state index in [1.807, 2.05) is 0 Å². The highest BCUT2D eigenvalue weighted by Crippen LogP contribution is 2.30. The van der Waals surface area contributed by atoms with E-state index in [0.29, 0.717) is 28.1 Å². The summed E-state index contributed by atoms with van der Waals surface area (Å²) in [6.07, 6.45) is -2.71. The minimum atomic E-state index is -4.57. The first-order valence-corrected chi connectivity index (χ1v) is 9.03. The number of amides is 1. The lowest BCUT2D eigenvalue weighted by atomic mass is 10.1. The SMILES string of the molecule is C[C@@H](Oc1cc(Cl)cnc1N)c1cccc(NC(=O)c2cc(C(F)(F)F)ccn2)c1. The Morgan fingerprint density at radius 1 is 1.20 bits per heavy atom. The molecule has 0 aliphatic heterocycles. The van der Waals surface area contributed by atoms with Gasteiger partial charge in [-0.15, -0.1) is 0 Å². The number of nitrogen functional groups attached to an aromatic ring is 1. The molecule has 0 saturated carbocycles. The molecule has 0 fully saturated rings. The molecule has 1 aromatic carbocycles. The number of nitrogens with two attached hydrogens (primary N) is 1. The summed E-state index contributed by atoms with van der Waals surface area (Å²) in [5, 5.41) is 2.90. The third-order valence-electron chi connectivity index (χ3n) is 4.09. The number of hydrogen-bond acceptors (Lipinski definition) is 5. The van der Waals surface area contributed by atoms with Crippen molar-refractivity contribution in [1.82, 2.24) is 9.97 Å². The molecule has 3 aromatic rings. The van der Waals surface area contributed by atoms with Gasteiger partial charge in [-0.3, -0.25) is 9.78 Å². The van der Waals surface area contributed by atoms with Crippen LogP contribution in [0.15, 0.2) is 54.9 Å². The van der Waals surface area contributed by atoms with Gasteiger partial charge in [-0.25, -0.2) is 4.98 Å². The van der Waals surface area contributed by atoms with E-state index >= 15 is 0 Å². The summed E-state index contributed by atoms with van der Waals surface area (Å²) in [6, 6.07) is 9.68. The lowest BCUT2D eigenvalue weighted by molar-refractivity contribution is -0.137. The number of nitrogens with one attached hydrogen (secondary N) is 1. The number of pyridine rings is 2. The number of ether oxygens (including phenoxy) is 1. The summed E-state index contributed by atoms with van der Waals surface area (Å²) in [7, 11) is 0. The summed E-state index contributed by atoms with van der Waals surface area (Å²) >= 11 is 5.90. The number of aromatic nitrogens is 2. The zero-order chi connectivity index (χ0) is 21.9. The van der Waals surface area contributed by atoms with Crippen LogP contribution in [0, 0.1) is 0 Å². The number of nitrogens with zero attached hydrogens (tertiary/aromatic N) is 2. The number of halogens is 4. The van der Waals surface area contributed by atoms with Crippen molar-refractivity contribution in [2.45, 2.75) is 19.2 Å². The second-order valence-electron chi connectivity index (χ2n) is 6.30. The smallest absolute Gasteiger partial charge is 0.416 e. The molecule has 0 bridgehead atoms. The van der Waals surface area contributed by atoms with Crippen molar-refractivity contribution in [2.75, 3.05) is 11.1 Å². The number of hydrogen-bond donors (Lipinski definition) is 2. The van der Waals surface area contributed by atoms with Gasteiger partial charge in [0.15, 0.2) is 11.6 Å². The Kier molecular flexibility index (Phi) is 6.12. The van der Waals surface area contributed by atoms with E-state index in [2.05, 4.69) is 15.3 Å². The lowest BCUT2D eigenvalue weighted by Crippen LogP contribution is -2.16. The molecule has 0 aliphatic carbocycles. The van der Waals surface area contributed by atoms with E-state index in [0.717, 1.165) is 12.3 Å². The van der Waals surface area contributed by atoms with Crippen LogP contribution in [0.5, 0.6) is 5.75 Å². The number of carbonyl (C=O) groups is 1. The first kappa shape index (κ1) is 21.4. The zero-order valence-corrected chi connectivity index (χ0v) is 16.3. The van der Waals surface area contributed by atoms with E-state index in [4.69, 9.17) is 22.1 Å². The van der Waals surface area contributed by atoms with Crippen LogP contribution in [-0.2, 0) is 6.18 Å². The largest absolute Gasteiger partial charge is 0.482 e. The van der Waals surface area contributed by atoms with Crippen LogP contribution in [0.25, 0.3) is 0 Å². The lowest BCUT2D eigenvalue weighted by Gasteiger charge is -2.17. The number of alkyl halides is 3. The normalized spacial score (nSPS) is 12.3. The Balaban J connectivity index is 1.75. The van der Waals surface area contributed by atoms with Crippen LogP contribution in [0.1, 0.15) is 34.6 Å². The Bertz CT molecular complexity index is 1080. The van der Waals surface area contributed by atoms with Crippen LogP contribution >= 0.6 is 11.6 Å². The Morgan fingerprint density at radius 3 is 2.70 bits per heavy atom. The Morgan fingerprint density at radius 2 is 1.97 bits per heavy atom. The molecule has 156 valence electrons. The molecule has 0 saturated heterocycles. The minimum Gasteiger partial charge on any atom is -0.482 e. The van der Waals surface area contributed by atoms with E-state index in [1.165, 1.54) is 12.3 Å². The van der Waals surface area contributed by atoms with E-state index in [9.17, 15) is 18.0 Å². The number of benzene rings is 1. The van der Waals surface area contributed by atoms with Crippen molar-refractivity contribution in [3.8, 4) is 5.75 Å². The van der Waals surface area contributed by atoms with Gasteiger partial charge in [0.1, 0.15) is 11.8 Å². The standard InChI is InChI=1S/C20H16ClF3N4O2/c1-11(30-17-9-14(21)10-27-18(17)25)12-3-2-4-15(7-12)28-19(29)16-8-13(5-6-26-16)20(22,23)24/h2-11H,1H3,(H2,25,27)(H,28,29)/t11-/m1/s1. The number of rotatable bonds is 5. The summed E-state index contributed by atoms with van der Waals surface area (Å²) in [5.41, 5.74) is 5.53. The van der Waals surface area contributed by atoms with Gasteiger partial charge in [-0.05, 0) is 36.8 Å². The van der Waals surface area contributed by atoms with Gasteiger partial charge >= 0.3 is 6.18 Å². The van der Waals surface area contributed by atoms with Crippen LogP contribution < -0.4 is 15.8 Å². The van der Waals surface area contributed by atoms with Crippen LogP contribution in [0.4, 0.5) is 24.7 Å². The maximum atomic E-state index is 12.8. The minimum absolute atomic E-state index is 0.173. The van der Waals surface area contributed by atoms with Gasteiger partial charge in [-0.1, -0.05) is 23.7 Å². The molecule has 30 heavy (non-hydrogen) atoms. The van der Waals surface area contributed by atoms with Gasteiger partial charge in [0.25, 0.3) is 5.91 Å². The highest BCUT2D eigenvalue weighted by molar-refractivity contribution is 6.30. The molecule has 3 N–H and O–H groups in total. The molecular weight excluding hydrogens is 421 g/mol. The molecule has 2 aromatic heterocycles. The molecule has 2 heterocycles. The molecule has 1 amide bonds. The summed E-state index contributed by atoms with van der Waals surface area (Å²) in [4.78, 5) is 20.0. The summed E-state index contributed by atoms with van der Waals surface area (Å²) in [5.74, 6) is -0.293. The third-order valence-corrected chi connectivity index (χ3v) is 4.29. The van der Waals surface area contributed by atoms with Crippen LogP contribution in [-0.4, -0.2) is 15.9 Å². The molecule has 10 heteroatoms. The average Bonchev–Trinajstić information content (AvgIpc) is 2.70. The van der Waals surface area contributed by atoms with Crippen molar-refractivity contribution >= 4 is 29.0 Å². The Labute approximate surface area is 174 Å². The van der Waals surface area contributed by atoms with E-state index in [1.54, 1.807) is 31.2 Å². The van der Waals surface area contributed by atoms with Crippen molar-refractivity contribution in [1.29, 1.82) is 0 Å². The van der Waals surface area contributed by atoms with Gasteiger partial charge in [0.2, 0.25) is 0 Å². The highest BCUT2D eigenvalue weighted by Gasteiger charge is 2.31. The highest BCUT2D eigenvalue weighted by atomic mass is 35.5. The molecule has 3 rings (SSSR count). The van der Waals surface area contributed by atoms with Crippen molar-refractivity contribution in [3.63, 3.8) is 0 Å². The second-order valence-corrected chi connectivity index (χ2v) is 6.74. The second kappa shape index (κ2) is 8.58. The van der Waals surface area contributed by atoms with E-state index < -0.39 is 23.8 Å². The van der Waals surface area contributed by atoms with Crippen molar-refractivity contribution in [3.05, 3.63) is 76.7 Å². The van der Waals surface area contributed by atoms with Crippen LogP contribution in [0.2, 0.25) is 5.02 Å². The summed E-state index contributed by atoms with van der Waals surface area (Å²) < 4.78 is 44.3. The predicted molar refractivity (Wildman–Crippen MR) is 106 cm³/mol. The first-order chi connectivity index (χ1) is 14.1. The van der Waals surface area contributed by atoms with Crippen molar-refractivity contribution in [2.24, 2.45) is 0 Å². The van der Waals surface area contributed by atoms with Crippen LogP contribution in [0.3, 0.4) is 0 Å². The monoisotopic (exact) mass is 436 g/mol. The molecule has 1 atom stereocenters. The van der Waals surface area contributed by atoms with Crippen molar-refractivity contribution < 1.29 is 22.7 Å². The Hall–Kier alpha value is -3.33. The molecule has 0 spiro atoms. The predicted octanol–water partition coefficient (Wildman–Crippen LogP) is 5.12. The maximum Gasteiger partial charge on any atom is 0.416 e. The fourth-order valence-electron chi connectivity index (χ4n) is 2.58. The molecule has 0 radical (unpaired) electrons. The molecule has 0 aliphatic rings. The topological polar surface area (TPSA) is 90.1 Å². The fraction of sp³-hybridized carbons (Fsp3) is 0.150. The van der Waals surface area contributed by atoms with Gasteiger partial charge in [0, 0.05) is 24.1 Å². The van der Waals surface area contributed by atoms with Gasteiger partial charge in [0.05, 0.1) is 10.6 Å². The zero-order valence-electron chi connectivity index (χ0n) is 15.6. The number of anilines is 2. The van der Waals surface area contributed by atoms with Gasteiger partial charge in [-0.2, -0.15) is 13.2 Å². The van der Waals surface area contributed by atoms with Gasteiger partial charge < -0.3 is 15.8 Å². The first-order valence-electron chi connectivity index (χ1n) is 8.65. The quantitative estimate of drug-likeness (QED) is 0.579. The molecular formula is C20H16ClF3N4O2. The average molecular weight is 437 g/mol. The third kappa shape index (κ3) is 5.18. The number of carbonyl (C=O) groups excluding carboxylic acids is 1. The molecule has 0 unspecified atom stereocenters. The maximum absolute atomic E-state index is 12.8. The van der Waals surface area contributed by atoms with E-state index in [-0.39, 0.29) is 11.5 Å². The summed E-state index contributed by atoms with van der Waals surface area (Å²) in [6.45, 7) is 1.76. The molecule has 6 nitrogen and oxygen atoms in total.